The van der Waals surface area contributed by atoms with Crippen LogP contribution in [0.3, 0.4) is 0 Å². The average Bonchev–Trinajstić information content (AvgIpc) is 2.42. The van der Waals surface area contributed by atoms with Crippen LogP contribution in [0, 0.1) is 0 Å². The maximum Gasteiger partial charge on any atom is 0.238 e. The fraction of sp³-hybridized carbons (Fsp3) is 0.429. The molecule has 1 aromatic rings. The summed E-state index contributed by atoms with van der Waals surface area (Å²) in [6.45, 7) is 4.55. The maximum absolute atomic E-state index is 12.0. The molecule has 1 saturated heterocycles. The van der Waals surface area contributed by atoms with E-state index in [1.807, 2.05) is 4.90 Å². The number of carbonyl (C=O) groups is 2. The van der Waals surface area contributed by atoms with Gasteiger partial charge in [0.2, 0.25) is 11.8 Å². The lowest BCUT2D eigenvalue weighted by Crippen LogP contribution is -2.49. The van der Waals surface area contributed by atoms with Gasteiger partial charge in [-0.2, -0.15) is 0 Å². The SMILES string of the molecule is CC(=O)N1CCN(CC(=O)Nc2ccc(N)cc2Cl)CC1. The van der Waals surface area contributed by atoms with Gasteiger partial charge >= 0.3 is 0 Å². The molecule has 1 aromatic carbocycles. The molecule has 21 heavy (non-hydrogen) atoms. The molecule has 0 atom stereocenters. The summed E-state index contributed by atoms with van der Waals surface area (Å²) in [5, 5.41) is 3.19. The minimum Gasteiger partial charge on any atom is -0.399 e. The molecule has 1 heterocycles. The van der Waals surface area contributed by atoms with Crippen LogP contribution in [0.5, 0.6) is 0 Å². The Morgan fingerprint density at radius 1 is 1.29 bits per heavy atom. The number of halogens is 1. The number of nitrogens with zero attached hydrogens (tertiary/aromatic N) is 2. The predicted molar refractivity (Wildman–Crippen MR) is 83.2 cm³/mol. The van der Waals surface area contributed by atoms with E-state index in [1.54, 1.807) is 30.0 Å². The van der Waals surface area contributed by atoms with Gasteiger partial charge in [0.15, 0.2) is 0 Å². The Labute approximate surface area is 128 Å². The van der Waals surface area contributed by atoms with E-state index in [1.165, 1.54) is 0 Å². The zero-order chi connectivity index (χ0) is 15.4. The highest BCUT2D eigenvalue weighted by molar-refractivity contribution is 6.34. The first-order chi connectivity index (χ1) is 9.95. The molecule has 0 unspecified atom stereocenters. The number of benzene rings is 1. The Balaban J connectivity index is 1.84. The molecular weight excluding hydrogens is 292 g/mol. The van der Waals surface area contributed by atoms with Crippen LogP contribution in [-0.4, -0.2) is 54.3 Å². The molecule has 2 rings (SSSR count). The van der Waals surface area contributed by atoms with Crippen LogP contribution in [0.1, 0.15) is 6.92 Å². The van der Waals surface area contributed by atoms with Gasteiger partial charge < -0.3 is 16.0 Å². The monoisotopic (exact) mass is 310 g/mol. The van der Waals surface area contributed by atoms with Crippen molar-refractivity contribution in [2.45, 2.75) is 6.92 Å². The van der Waals surface area contributed by atoms with E-state index in [0.717, 1.165) is 0 Å². The number of carbonyl (C=O) groups excluding carboxylic acids is 2. The fourth-order valence-electron chi connectivity index (χ4n) is 2.25. The summed E-state index contributed by atoms with van der Waals surface area (Å²) in [5.41, 5.74) is 6.72. The largest absolute Gasteiger partial charge is 0.399 e. The molecule has 6 nitrogen and oxygen atoms in total. The van der Waals surface area contributed by atoms with Gasteiger partial charge in [-0.05, 0) is 18.2 Å². The summed E-state index contributed by atoms with van der Waals surface area (Å²) in [6.07, 6.45) is 0. The van der Waals surface area contributed by atoms with Gasteiger partial charge in [0.1, 0.15) is 0 Å². The Morgan fingerprint density at radius 2 is 1.95 bits per heavy atom. The molecule has 2 amide bonds. The van der Waals surface area contributed by atoms with E-state index >= 15 is 0 Å². The van der Waals surface area contributed by atoms with Crippen molar-refractivity contribution in [2.75, 3.05) is 43.8 Å². The highest BCUT2D eigenvalue weighted by Crippen LogP contribution is 2.23. The highest BCUT2D eigenvalue weighted by Gasteiger charge is 2.20. The minimum absolute atomic E-state index is 0.0766. The number of piperazine rings is 1. The fourth-order valence-corrected chi connectivity index (χ4v) is 2.48. The number of anilines is 2. The van der Waals surface area contributed by atoms with Crippen molar-refractivity contribution in [1.29, 1.82) is 0 Å². The topological polar surface area (TPSA) is 78.7 Å². The molecule has 114 valence electrons. The summed E-state index contributed by atoms with van der Waals surface area (Å²) in [6, 6.07) is 4.97. The molecule has 1 aliphatic rings. The number of nitrogen functional groups attached to an aromatic ring is 1. The molecule has 3 N–H and O–H groups in total. The van der Waals surface area contributed by atoms with E-state index < -0.39 is 0 Å². The van der Waals surface area contributed by atoms with Crippen molar-refractivity contribution >= 4 is 34.8 Å². The second-order valence-electron chi connectivity index (χ2n) is 5.07. The van der Waals surface area contributed by atoms with Gasteiger partial charge in [0.25, 0.3) is 0 Å². The van der Waals surface area contributed by atoms with Crippen LogP contribution in [0.25, 0.3) is 0 Å². The Morgan fingerprint density at radius 3 is 2.52 bits per heavy atom. The molecule has 0 saturated carbocycles. The van der Waals surface area contributed by atoms with Gasteiger partial charge in [-0.15, -0.1) is 0 Å². The van der Waals surface area contributed by atoms with Gasteiger partial charge in [-0.3, -0.25) is 14.5 Å². The highest BCUT2D eigenvalue weighted by atomic mass is 35.5. The van der Waals surface area contributed by atoms with Crippen molar-refractivity contribution < 1.29 is 9.59 Å². The molecule has 0 aromatic heterocycles. The van der Waals surface area contributed by atoms with Gasteiger partial charge in [0.05, 0.1) is 17.3 Å². The first-order valence-electron chi connectivity index (χ1n) is 6.78. The van der Waals surface area contributed by atoms with Crippen molar-refractivity contribution in [1.82, 2.24) is 9.80 Å². The van der Waals surface area contributed by atoms with Crippen LogP contribution < -0.4 is 11.1 Å². The number of hydrogen-bond acceptors (Lipinski definition) is 4. The quantitative estimate of drug-likeness (QED) is 0.817. The second-order valence-corrected chi connectivity index (χ2v) is 5.48. The van der Waals surface area contributed by atoms with Crippen molar-refractivity contribution in [3.05, 3.63) is 23.2 Å². The van der Waals surface area contributed by atoms with Gasteiger partial charge in [-0.25, -0.2) is 0 Å². The van der Waals surface area contributed by atoms with Crippen LogP contribution in [0.2, 0.25) is 5.02 Å². The molecule has 0 spiro atoms. The number of nitrogens with two attached hydrogens (primary N) is 1. The Kier molecular flexibility index (Phi) is 5.03. The molecule has 7 heteroatoms. The van der Waals surface area contributed by atoms with Crippen molar-refractivity contribution in [3.63, 3.8) is 0 Å². The standard InChI is InChI=1S/C14H19ClN4O2/c1-10(20)19-6-4-18(5-7-19)9-14(21)17-13-3-2-11(16)8-12(13)15/h2-3,8H,4-7,9,16H2,1H3,(H,17,21). The smallest absolute Gasteiger partial charge is 0.238 e. The zero-order valence-electron chi connectivity index (χ0n) is 11.9. The molecule has 1 fully saturated rings. The lowest BCUT2D eigenvalue weighted by atomic mass is 10.2. The molecule has 1 aliphatic heterocycles. The normalized spacial score (nSPS) is 15.8. The molecular formula is C14H19ClN4O2. The van der Waals surface area contributed by atoms with Crippen LogP contribution in [-0.2, 0) is 9.59 Å². The van der Waals surface area contributed by atoms with Crippen molar-refractivity contribution in [2.24, 2.45) is 0 Å². The van der Waals surface area contributed by atoms with E-state index in [9.17, 15) is 9.59 Å². The van der Waals surface area contributed by atoms with E-state index in [2.05, 4.69) is 5.32 Å². The van der Waals surface area contributed by atoms with Crippen LogP contribution in [0.4, 0.5) is 11.4 Å². The third-order valence-electron chi connectivity index (χ3n) is 3.45. The predicted octanol–water partition coefficient (Wildman–Crippen LogP) is 1.02. The van der Waals surface area contributed by atoms with Crippen LogP contribution in [0.15, 0.2) is 18.2 Å². The second kappa shape index (κ2) is 6.78. The van der Waals surface area contributed by atoms with Gasteiger partial charge in [0, 0.05) is 38.8 Å². The molecule has 0 bridgehead atoms. The molecule has 0 radical (unpaired) electrons. The Bertz CT molecular complexity index is 542. The Hall–Kier alpha value is -1.79. The van der Waals surface area contributed by atoms with Gasteiger partial charge in [-0.1, -0.05) is 11.6 Å². The zero-order valence-corrected chi connectivity index (χ0v) is 12.7. The minimum atomic E-state index is -0.127. The van der Waals surface area contributed by atoms with E-state index in [4.69, 9.17) is 17.3 Å². The van der Waals surface area contributed by atoms with E-state index in [0.29, 0.717) is 42.6 Å². The maximum atomic E-state index is 12.0. The number of rotatable bonds is 3. The number of nitrogens with one attached hydrogen (secondary N) is 1. The summed E-state index contributed by atoms with van der Waals surface area (Å²) in [7, 11) is 0. The lowest BCUT2D eigenvalue weighted by molar-refractivity contribution is -0.130. The van der Waals surface area contributed by atoms with Crippen molar-refractivity contribution in [3.8, 4) is 0 Å². The summed E-state index contributed by atoms with van der Waals surface area (Å²) < 4.78 is 0. The number of amides is 2. The first kappa shape index (κ1) is 15.6. The van der Waals surface area contributed by atoms with E-state index in [-0.39, 0.29) is 18.4 Å². The summed E-state index contributed by atoms with van der Waals surface area (Å²) in [4.78, 5) is 27.0. The lowest BCUT2D eigenvalue weighted by Gasteiger charge is -2.33. The number of hydrogen-bond donors (Lipinski definition) is 2. The molecule has 0 aliphatic carbocycles. The van der Waals surface area contributed by atoms with Crippen LogP contribution >= 0.6 is 11.6 Å². The summed E-state index contributed by atoms with van der Waals surface area (Å²) in [5.74, 6) is -0.0503. The third kappa shape index (κ3) is 4.34. The first-order valence-corrected chi connectivity index (χ1v) is 7.16. The average molecular weight is 311 g/mol. The summed E-state index contributed by atoms with van der Waals surface area (Å²) >= 11 is 6.02. The third-order valence-corrected chi connectivity index (χ3v) is 3.76.